The molecular weight excluding hydrogens is 350 g/mol. The molecule has 0 radical (unpaired) electrons. The van der Waals surface area contributed by atoms with Crippen molar-refractivity contribution in [3.05, 3.63) is 70.7 Å². The number of nitrogens with one attached hydrogen (secondary N) is 1. The number of benzene rings is 2. The molecule has 1 N–H and O–H groups in total. The number of hydrogen-bond acceptors (Lipinski definition) is 3. The monoisotopic (exact) mass is 369 g/mol. The Labute approximate surface area is 157 Å². The summed E-state index contributed by atoms with van der Waals surface area (Å²) in [5.74, 6) is -0.345. The lowest BCUT2D eigenvalue weighted by molar-refractivity contribution is -0.136. The van der Waals surface area contributed by atoms with E-state index in [4.69, 9.17) is 11.6 Å². The number of hydrazone groups is 1. The molecular formula is C20H20ClN3O2. The van der Waals surface area contributed by atoms with Gasteiger partial charge in [-0.1, -0.05) is 54.1 Å². The number of hydrogen-bond donors (Lipinski definition) is 1. The number of amides is 2. The van der Waals surface area contributed by atoms with Crippen LogP contribution in [0, 0.1) is 0 Å². The Balaban J connectivity index is 1.54. The minimum Gasteiger partial charge on any atom is -0.354 e. The lowest BCUT2D eigenvalue weighted by atomic mass is 10.0. The molecule has 0 fully saturated rings. The summed E-state index contributed by atoms with van der Waals surface area (Å²) in [4.78, 5) is 24.2. The summed E-state index contributed by atoms with van der Waals surface area (Å²) in [6, 6.07) is 17.2. The summed E-state index contributed by atoms with van der Waals surface area (Å²) >= 11 is 5.85. The van der Waals surface area contributed by atoms with Crippen LogP contribution in [-0.2, 0) is 16.0 Å². The molecule has 5 nitrogen and oxygen atoms in total. The van der Waals surface area contributed by atoms with Crippen LogP contribution in [0.25, 0.3) is 0 Å². The molecule has 6 heteroatoms. The van der Waals surface area contributed by atoms with Gasteiger partial charge in [0.2, 0.25) is 11.8 Å². The lowest BCUT2D eigenvalue weighted by Crippen LogP contribution is -2.40. The highest BCUT2D eigenvalue weighted by atomic mass is 35.5. The predicted octanol–water partition coefficient (Wildman–Crippen LogP) is 3.03. The summed E-state index contributed by atoms with van der Waals surface area (Å²) in [6.45, 7) is 0.438. The topological polar surface area (TPSA) is 61.8 Å². The molecule has 1 aliphatic heterocycles. The normalized spacial score (nSPS) is 14.1. The standard InChI is InChI=1S/C20H20ClN3O2/c21-17-8-6-15(7-9-17)12-13-22-19(25)14-24-20(26)11-10-18(23-24)16-4-2-1-3-5-16/h1-9H,10-14H2,(H,22,25). The average molecular weight is 370 g/mol. The number of halogens is 1. The van der Waals surface area contributed by atoms with Crippen molar-refractivity contribution in [2.45, 2.75) is 19.3 Å². The molecule has 0 saturated heterocycles. The van der Waals surface area contributed by atoms with Crippen LogP contribution in [0.1, 0.15) is 24.0 Å². The maximum Gasteiger partial charge on any atom is 0.243 e. The summed E-state index contributed by atoms with van der Waals surface area (Å²) in [5.41, 5.74) is 2.90. The molecule has 0 bridgehead atoms. The first-order valence-corrected chi connectivity index (χ1v) is 8.94. The van der Waals surface area contributed by atoms with Crippen molar-refractivity contribution in [1.29, 1.82) is 0 Å². The van der Waals surface area contributed by atoms with E-state index in [9.17, 15) is 9.59 Å². The fourth-order valence-corrected chi connectivity index (χ4v) is 2.88. The Morgan fingerprint density at radius 1 is 1.08 bits per heavy atom. The molecule has 1 aliphatic rings. The van der Waals surface area contributed by atoms with E-state index in [1.807, 2.05) is 54.6 Å². The Bertz CT molecular complexity index is 804. The van der Waals surface area contributed by atoms with Gasteiger partial charge in [-0.2, -0.15) is 5.10 Å². The molecule has 0 aromatic heterocycles. The van der Waals surface area contributed by atoms with Gasteiger partial charge in [-0.3, -0.25) is 9.59 Å². The molecule has 1 heterocycles. The van der Waals surface area contributed by atoms with E-state index in [1.165, 1.54) is 5.01 Å². The number of nitrogens with zero attached hydrogens (tertiary/aromatic N) is 2. The first-order valence-electron chi connectivity index (χ1n) is 8.56. The third-order valence-corrected chi connectivity index (χ3v) is 4.41. The zero-order valence-corrected chi connectivity index (χ0v) is 15.1. The van der Waals surface area contributed by atoms with E-state index >= 15 is 0 Å². The van der Waals surface area contributed by atoms with E-state index in [-0.39, 0.29) is 18.4 Å². The highest BCUT2D eigenvalue weighted by Gasteiger charge is 2.23. The number of carbonyl (C=O) groups is 2. The zero-order valence-electron chi connectivity index (χ0n) is 14.3. The first-order chi connectivity index (χ1) is 12.6. The van der Waals surface area contributed by atoms with Crippen molar-refractivity contribution in [2.24, 2.45) is 5.10 Å². The molecule has 2 aromatic rings. The number of carbonyl (C=O) groups excluding carboxylic acids is 2. The smallest absolute Gasteiger partial charge is 0.243 e. The molecule has 0 atom stereocenters. The Kier molecular flexibility index (Phi) is 6.02. The van der Waals surface area contributed by atoms with Crippen LogP contribution in [0.5, 0.6) is 0 Å². The van der Waals surface area contributed by atoms with Gasteiger partial charge in [0, 0.05) is 24.4 Å². The molecule has 26 heavy (non-hydrogen) atoms. The lowest BCUT2D eigenvalue weighted by Gasteiger charge is -2.23. The average Bonchev–Trinajstić information content (AvgIpc) is 2.66. The van der Waals surface area contributed by atoms with Crippen molar-refractivity contribution in [2.75, 3.05) is 13.1 Å². The van der Waals surface area contributed by atoms with Gasteiger partial charge in [0.25, 0.3) is 0 Å². The van der Waals surface area contributed by atoms with Gasteiger partial charge >= 0.3 is 0 Å². The summed E-state index contributed by atoms with van der Waals surface area (Å²) in [6.07, 6.45) is 1.67. The van der Waals surface area contributed by atoms with Crippen LogP contribution in [0.15, 0.2) is 59.7 Å². The zero-order chi connectivity index (χ0) is 18.4. The molecule has 2 aromatic carbocycles. The van der Waals surface area contributed by atoms with Gasteiger partial charge in [-0.25, -0.2) is 5.01 Å². The Morgan fingerprint density at radius 3 is 2.54 bits per heavy atom. The second-order valence-electron chi connectivity index (χ2n) is 6.09. The second kappa shape index (κ2) is 8.63. The highest BCUT2D eigenvalue weighted by Crippen LogP contribution is 2.15. The molecule has 0 aliphatic carbocycles. The van der Waals surface area contributed by atoms with E-state index in [1.54, 1.807) is 0 Å². The summed E-state index contributed by atoms with van der Waals surface area (Å²) in [5, 5.41) is 9.16. The van der Waals surface area contributed by atoms with Crippen LogP contribution >= 0.6 is 11.6 Å². The largest absolute Gasteiger partial charge is 0.354 e. The van der Waals surface area contributed by atoms with Crippen LogP contribution in [0.2, 0.25) is 5.02 Å². The second-order valence-corrected chi connectivity index (χ2v) is 6.53. The van der Waals surface area contributed by atoms with E-state index in [0.29, 0.717) is 30.8 Å². The molecule has 0 unspecified atom stereocenters. The Morgan fingerprint density at radius 2 is 1.81 bits per heavy atom. The molecule has 134 valence electrons. The first kappa shape index (κ1) is 18.1. The van der Waals surface area contributed by atoms with Crippen LogP contribution in [0.4, 0.5) is 0 Å². The van der Waals surface area contributed by atoms with Crippen molar-refractivity contribution in [3.63, 3.8) is 0 Å². The highest BCUT2D eigenvalue weighted by molar-refractivity contribution is 6.30. The van der Waals surface area contributed by atoms with Crippen LogP contribution in [0.3, 0.4) is 0 Å². The molecule has 3 rings (SSSR count). The molecule has 0 saturated carbocycles. The van der Waals surface area contributed by atoms with Crippen LogP contribution < -0.4 is 5.32 Å². The van der Waals surface area contributed by atoms with Gasteiger partial charge in [-0.05, 0) is 29.7 Å². The van der Waals surface area contributed by atoms with E-state index < -0.39 is 0 Å². The SMILES string of the molecule is O=C(CN1N=C(c2ccccc2)CCC1=O)NCCc1ccc(Cl)cc1. The minimum atomic E-state index is -0.217. The maximum atomic E-state index is 12.1. The summed E-state index contributed by atoms with van der Waals surface area (Å²) in [7, 11) is 0. The third kappa shape index (κ3) is 4.92. The van der Waals surface area contributed by atoms with Gasteiger partial charge < -0.3 is 5.32 Å². The van der Waals surface area contributed by atoms with Crippen molar-refractivity contribution >= 4 is 29.1 Å². The predicted molar refractivity (Wildman–Crippen MR) is 102 cm³/mol. The fourth-order valence-electron chi connectivity index (χ4n) is 2.75. The minimum absolute atomic E-state index is 0.0597. The number of rotatable bonds is 6. The van der Waals surface area contributed by atoms with Crippen molar-refractivity contribution in [1.82, 2.24) is 10.3 Å². The van der Waals surface area contributed by atoms with Gasteiger partial charge in [-0.15, -0.1) is 0 Å². The van der Waals surface area contributed by atoms with E-state index in [2.05, 4.69) is 10.4 Å². The molecule has 0 spiro atoms. The maximum absolute atomic E-state index is 12.1. The Hall–Kier alpha value is -2.66. The quantitative estimate of drug-likeness (QED) is 0.850. The van der Waals surface area contributed by atoms with Crippen molar-refractivity contribution in [3.8, 4) is 0 Å². The van der Waals surface area contributed by atoms with E-state index in [0.717, 1.165) is 16.8 Å². The van der Waals surface area contributed by atoms with Crippen LogP contribution in [-0.4, -0.2) is 35.6 Å². The van der Waals surface area contributed by atoms with Gasteiger partial charge in [0.15, 0.2) is 0 Å². The summed E-state index contributed by atoms with van der Waals surface area (Å²) < 4.78 is 0. The van der Waals surface area contributed by atoms with Gasteiger partial charge in [0.05, 0.1) is 5.71 Å². The third-order valence-electron chi connectivity index (χ3n) is 4.15. The molecule has 2 amide bonds. The fraction of sp³-hybridized carbons (Fsp3) is 0.250. The van der Waals surface area contributed by atoms with Gasteiger partial charge in [0.1, 0.15) is 6.54 Å². The van der Waals surface area contributed by atoms with Crippen molar-refractivity contribution < 1.29 is 9.59 Å².